The van der Waals surface area contributed by atoms with Crippen LogP contribution in [0.1, 0.15) is 25.7 Å². The Hall–Kier alpha value is -0.960. The molecule has 0 radical (unpaired) electrons. The lowest BCUT2D eigenvalue weighted by molar-refractivity contribution is 0.0697. The van der Waals surface area contributed by atoms with Crippen LogP contribution in [0.4, 0.5) is 0 Å². The number of rotatable bonds is 3. The topological polar surface area (TPSA) is 38.7 Å². The summed E-state index contributed by atoms with van der Waals surface area (Å²) in [5.74, 6) is 1.99. The number of ether oxygens (including phenoxy) is 2. The predicted octanol–water partition coefficient (Wildman–Crippen LogP) is 1.69. The minimum atomic E-state index is 0.264. The van der Waals surface area contributed by atoms with E-state index in [4.69, 9.17) is 14.6 Å². The molecule has 72 valence electrons. The Bertz CT molecular complexity index is 253. The van der Waals surface area contributed by atoms with E-state index in [1.165, 1.54) is 5.57 Å². The molecule has 0 unspecified atom stereocenters. The Labute approximate surface area is 77.7 Å². The Morgan fingerprint density at radius 3 is 3.00 bits per heavy atom. The summed E-state index contributed by atoms with van der Waals surface area (Å²) in [5, 5.41) is 8.69. The van der Waals surface area contributed by atoms with Crippen LogP contribution in [0.15, 0.2) is 23.2 Å². The van der Waals surface area contributed by atoms with Crippen molar-refractivity contribution in [1.29, 1.82) is 0 Å². The third-order valence-corrected chi connectivity index (χ3v) is 2.40. The molecule has 0 aromatic rings. The average molecular weight is 182 g/mol. The largest absolute Gasteiger partial charge is 0.458 e. The van der Waals surface area contributed by atoms with Crippen LogP contribution in [0.3, 0.4) is 0 Å². The molecule has 3 nitrogen and oxygen atoms in total. The molecule has 2 rings (SSSR count). The third-order valence-electron chi connectivity index (χ3n) is 2.40. The molecule has 0 bridgehead atoms. The number of allylic oxidation sites excluding steroid dienone is 2. The fourth-order valence-electron chi connectivity index (χ4n) is 1.67. The number of aliphatic hydroxyl groups is 1. The number of hydrogen-bond acceptors (Lipinski definition) is 3. The van der Waals surface area contributed by atoms with Gasteiger partial charge in [-0.1, -0.05) is 11.6 Å². The first-order valence-electron chi connectivity index (χ1n) is 4.66. The van der Waals surface area contributed by atoms with E-state index in [2.05, 4.69) is 6.08 Å². The second-order valence-electron chi connectivity index (χ2n) is 3.32. The lowest BCUT2D eigenvalue weighted by Gasteiger charge is -2.12. The van der Waals surface area contributed by atoms with Crippen molar-refractivity contribution in [1.82, 2.24) is 0 Å². The molecule has 0 aromatic carbocycles. The van der Waals surface area contributed by atoms with E-state index in [0.29, 0.717) is 6.79 Å². The average Bonchev–Trinajstić information content (AvgIpc) is 2.61. The zero-order valence-corrected chi connectivity index (χ0v) is 7.58. The van der Waals surface area contributed by atoms with Gasteiger partial charge in [-0.15, -0.1) is 0 Å². The van der Waals surface area contributed by atoms with Crippen molar-refractivity contribution in [3.8, 4) is 0 Å². The second-order valence-corrected chi connectivity index (χ2v) is 3.32. The van der Waals surface area contributed by atoms with Crippen molar-refractivity contribution in [2.24, 2.45) is 0 Å². The summed E-state index contributed by atoms with van der Waals surface area (Å²) in [7, 11) is 0. The van der Waals surface area contributed by atoms with Gasteiger partial charge in [-0.25, -0.2) is 0 Å². The van der Waals surface area contributed by atoms with Crippen LogP contribution < -0.4 is 0 Å². The van der Waals surface area contributed by atoms with Crippen LogP contribution in [-0.4, -0.2) is 18.5 Å². The molecule has 2 aliphatic rings. The highest BCUT2D eigenvalue weighted by Gasteiger charge is 2.21. The van der Waals surface area contributed by atoms with Gasteiger partial charge in [0.1, 0.15) is 11.5 Å². The van der Waals surface area contributed by atoms with Gasteiger partial charge in [0.15, 0.2) is 0 Å². The zero-order valence-electron chi connectivity index (χ0n) is 7.58. The van der Waals surface area contributed by atoms with Crippen LogP contribution >= 0.6 is 0 Å². The molecule has 1 aliphatic carbocycles. The van der Waals surface area contributed by atoms with Gasteiger partial charge in [0, 0.05) is 19.4 Å². The molecule has 1 heterocycles. The molecule has 1 N–H and O–H groups in total. The summed E-state index contributed by atoms with van der Waals surface area (Å²) in [6.07, 6.45) is 5.72. The van der Waals surface area contributed by atoms with E-state index in [9.17, 15) is 0 Å². The minimum absolute atomic E-state index is 0.264. The summed E-state index contributed by atoms with van der Waals surface area (Å²) in [4.78, 5) is 0. The van der Waals surface area contributed by atoms with Gasteiger partial charge in [0.05, 0.1) is 0 Å². The van der Waals surface area contributed by atoms with E-state index in [-0.39, 0.29) is 6.61 Å². The van der Waals surface area contributed by atoms with Crippen LogP contribution in [-0.2, 0) is 9.47 Å². The van der Waals surface area contributed by atoms with Gasteiger partial charge in [0.2, 0.25) is 6.79 Å². The van der Waals surface area contributed by atoms with Gasteiger partial charge in [-0.05, 0) is 12.8 Å². The summed E-state index contributed by atoms with van der Waals surface area (Å²) in [6.45, 7) is 0.645. The van der Waals surface area contributed by atoms with Crippen molar-refractivity contribution in [2.45, 2.75) is 25.7 Å². The molecule has 0 saturated carbocycles. The standard InChI is InChI=1S/C10H14O3/c11-5-1-2-8-3-4-9-10(6-8)13-7-12-9/h3,11H,1-2,4-7H2. The van der Waals surface area contributed by atoms with Crippen molar-refractivity contribution < 1.29 is 14.6 Å². The van der Waals surface area contributed by atoms with Gasteiger partial charge >= 0.3 is 0 Å². The van der Waals surface area contributed by atoms with Gasteiger partial charge in [-0.2, -0.15) is 0 Å². The first kappa shape index (κ1) is 8.63. The number of hydrogen-bond donors (Lipinski definition) is 1. The third kappa shape index (κ3) is 1.86. The summed E-state index contributed by atoms with van der Waals surface area (Å²) < 4.78 is 10.6. The van der Waals surface area contributed by atoms with Crippen LogP contribution in [0, 0.1) is 0 Å². The normalized spacial score (nSPS) is 20.5. The molecule has 0 spiro atoms. The maximum atomic E-state index is 8.69. The fraction of sp³-hybridized carbons (Fsp3) is 0.600. The first-order chi connectivity index (χ1) is 6.40. The predicted molar refractivity (Wildman–Crippen MR) is 47.7 cm³/mol. The maximum Gasteiger partial charge on any atom is 0.230 e. The Morgan fingerprint density at radius 1 is 1.31 bits per heavy atom. The number of aliphatic hydroxyl groups excluding tert-OH is 1. The lowest BCUT2D eigenvalue weighted by Crippen LogP contribution is -1.98. The lowest BCUT2D eigenvalue weighted by atomic mass is 9.99. The monoisotopic (exact) mass is 182 g/mol. The SMILES string of the molecule is OCCCC1=CCC2=C(C1)OCO2. The molecule has 0 fully saturated rings. The molecule has 0 atom stereocenters. The van der Waals surface area contributed by atoms with Crippen LogP contribution in [0.2, 0.25) is 0 Å². The highest BCUT2D eigenvalue weighted by molar-refractivity contribution is 5.23. The molecule has 0 saturated heterocycles. The maximum absolute atomic E-state index is 8.69. The van der Waals surface area contributed by atoms with E-state index in [1.807, 2.05) is 0 Å². The van der Waals surface area contributed by atoms with Gasteiger partial charge < -0.3 is 14.6 Å². The van der Waals surface area contributed by atoms with E-state index >= 15 is 0 Å². The second kappa shape index (κ2) is 3.83. The van der Waals surface area contributed by atoms with Gasteiger partial charge in [-0.3, -0.25) is 0 Å². The molecular weight excluding hydrogens is 168 g/mol. The summed E-state index contributed by atoms with van der Waals surface area (Å²) in [5.41, 5.74) is 1.36. The van der Waals surface area contributed by atoms with E-state index in [0.717, 1.165) is 37.2 Å². The van der Waals surface area contributed by atoms with Crippen molar-refractivity contribution in [3.05, 3.63) is 23.2 Å². The molecule has 13 heavy (non-hydrogen) atoms. The zero-order chi connectivity index (χ0) is 9.10. The summed E-state index contributed by atoms with van der Waals surface area (Å²) >= 11 is 0. The van der Waals surface area contributed by atoms with E-state index < -0.39 is 0 Å². The minimum Gasteiger partial charge on any atom is -0.458 e. The summed E-state index contributed by atoms with van der Waals surface area (Å²) in [6, 6.07) is 0. The highest BCUT2D eigenvalue weighted by atomic mass is 16.7. The van der Waals surface area contributed by atoms with Gasteiger partial charge in [0.25, 0.3) is 0 Å². The van der Waals surface area contributed by atoms with Crippen molar-refractivity contribution >= 4 is 0 Å². The first-order valence-corrected chi connectivity index (χ1v) is 4.66. The molecule has 1 aliphatic heterocycles. The van der Waals surface area contributed by atoms with Crippen LogP contribution in [0.5, 0.6) is 0 Å². The highest BCUT2D eigenvalue weighted by Crippen LogP contribution is 2.31. The quantitative estimate of drug-likeness (QED) is 0.675. The Balaban J connectivity index is 1.89. The molecular formula is C10H14O3. The van der Waals surface area contributed by atoms with E-state index in [1.54, 1.807) is 0 Å². The molecule has 3 heteroatoms. The molecule has 0 amide bonds. The van der Waals surface area contributed by atoms with Crippen molar-refractivity contribution in [2.75, 3.05) is 13.4 Å². The fourth-order valence-corrected chi connectivity index (χ4v) is 1.67. The molecule has 0 aromatic heterocycles. The smallest absolute Gasteiger partial charge is 0.230 e. The van der Waals surface area contributed by atoms with Crippen molar-refractivity contribution in [3.63, 3.8) is 0 Å². The Kier molecular flexibility index (Phi) is 2.54. The Morgan fingerprint density at radius 2 is 2.15 bits per heavy atom. The van der Waals surface area contributed by atoms with Crippen LogP contribution in [0.25, 0.3) is 0 Å².